The van der Waals surface area contributed by atoms with E-state index in [0.29, 0.717) is 11.4 Å². The Bertz CT molecular complexity index is 837. The lowest BCUT2D eigenvalue weighted by Gasteiger charge is -2.07. The molecule has 2 rings (SSSR count). The van der Waals surface area contributed by atoms with Crippen molar-refractivity contribution in [1.29, 1.82) is 0 Å². The van der Waals surface area contributed by atoms with Crippen LogP contribution in [-0.2, 0) is 19.1 Å². The lowest BCUT2D eigenvalue weighted by molar-refractivity contribution is -0.384. The van der Waals surface area contributed by atoms with Crippen molar-refractivity contribution in [1.82, 2.24) is 0 Å². The highest BCUT2D eigenvalue weighted by Gasteiger charge is 2.10. The topological polar surface area (TPSA) is 128 Å². The maximum absolute atomic E-state index is 11.8. The summed E-state index contributed by atoms with van der Waals surface area (Å²) in [5, 5.41) is 15.7. The van der Waals surface area contributed by atoms with Crippen LogP contribution in [0.3, 0.4) is 0 Å². The van der Waals surface area contributed by atoms with Gasteiger partial charge in [0.2, 0.25) is 5.91 Å². The van der Waals surface area contributed by atoms with Gasteiger partial charge in [0.05, 0.1) is 4.92 Å². The number of amides is 2. The Morgan fingerprint density at radius 1 is 0.857 bits per heavy atom. The highest BCUT2D eigenvalue weighted by molar-refractivity contribution is 5.93. The van der Waals surface area contributed by atoms with Crippen LogP contribution in [-0.4, -0.2) is 29.3 Å². The molecule has 2 N–H and O–H groups in total. The minimum Gasteiger partial charge on any atom is -0.456 e. The van der Waals surface area contributed by atoms with E-state index in [0.717, 1.165) is 0 Å². The van der Waals surface area contributed by atoms with Crippen LogP contribution < -0.4 is 10.6 Å². The van der Waals surface area contributed by atoms with E-state index < -0.39 is 23.4 Å². The summed E-state index contributed by atoms with van der Waals surface area (Å²) in [7, 11) is 0. The number of hydrogen-bond donors (Lipinski definition) is 2. The Hall–Kier alpha value is -3.75. The number of non-ortho nitro benzene ring substituents is 1. The van der Waals surface area contributed by atoms with Crippen LogP contribution in [0, 0.1) is 10.1 Å². The molecule has 0 saturated carbocycles. The fourth-order valence-corrected chi connectivity index (χ4v) is 2.22. The number of carbonyl (C=O) groups is 3. The normalized spacial score (nSPS) is 10.0. The van der Waals surface area contributed by atoms with Crippen LogP contribution in [0.25, 0.3) is 0 Å². The smallest absolute Gasteiger partial charge is 0.306 e. The predicted molar refractivity (Wildman–Crippen MR) is 102 cm³/mol. The summed E-state index contributed by atoms with van der Waals surface area (Å²) >= 11 is 0. The van der Waals surface area contributed by atoms with E-state index in [2.05, 4.69) is 10.6 Å². The van der Waals surface area contributed by atoms with Gasteiger partial charge in [-0.3, -0.25) is 24.5 Å². The third-order valence-electron chi connectivity index (χ3n) is 3.57. The number of esters is 1. The average Bonchev–Trinajstić information content (AvgIpc) is 2.67. The largest absolute Gasteiger partial charge is 0.456 e. The molecule has 0 unspecified atom stereocenters. The van der Waals surface area contributed by atoms with Gasteiger partial charge in [-0.15, -0.1) is 0 Å². The van der Waals surface area contributed by atoms with Crippen molar-refractivity contribution in [3.05, 3.63) is 64.7 Å². The number of benzene rings is 2. The van der Waals surface area contributed by atoms with Gasteiger partial charge in [-0.25, -0.2) is 0 Å². The van der Waals surface area contributed by atoms with E-state index in [1.165, 1.54) is 24.3 Å². The molecule has 2 amide bonds. The first kappa shape index (κ1) is 20.6. The van der Waals surface area contributed by atoms with Crippen molar-refractivity contribution in [2.24, 2.45) is 0 Å². The summed E-state index contributed by atoms with van der Waals surface area (Å²) in [6.07, 6.45) is 0.312. The van der Waals surface area contributed by atoms with Crippen molar-refractivity contribution >= 4 is 34.8 Å². The Labute approximate surface area is 160 Å². The summed E-state index contributed by atoms with van der Waals surface area (Å²) in [5.41, 5.74) is 0.958. The molecule has 0 heterocycles. The molecule has 0 fully saturated rings. The second kappa shape index (κ2) is 10.4. The van der Waals surface area contributed by atoms with Gasteiger partial charge in [0.15, 0.2) is 6.61 Å². The van der Waals surface area contributed by atoms with E-state index in [-0.39, 0.29) is 30.9 Å². The van der Waals surface area contributed by atoms with Crippen LogP contribution in [0.5, 0.6) is 0 Å². The molecule has 0 bridgehead atoms. The van der Waals surface area contributed by atoms with Gasteiger partial charge in [0.25, 0.3) is 11.6 Å². The van der Waals surface area contributed by atoms with Crippen molar-refractivity contribution in [3.63, 3.8) is 0 Å². The molecule has 2 aromatic rings. The van der Waals surface area contributed by atoms with Crippen LogP contribution in [0.15, 0.2) is 54.6 Å². The van der Waals surface area contributed by atoms with Crippen molar-refractivity contribution in [2.75, 3.05) is 17.2 Å². The Morgan fingerprint density at radius 3 is 2.11 bits per heavy atom. The lowest BCUT2D eigenvalue weighted by atomic mass is 10.2. The molecule has 28 heavy (non-hydrogen) atoms. The van der Waals surface area contributed by atoms with Gasteiger partial charge in [-0.1, -0.05) is 18.2 Å². The quantitative estimate of drug-likeness (QED) is 0.388. The first-order valence-corrected chi connectivity index (χ1v) is 8.49. The second-order valence-electron chi connectivity index (χ2n) is 5.78. The van der Waals surface area contributed by atoms with Crippen molar-refractivity contribution in [3.8, 4) is 0 Å². The van der Waals surface area contributed by atoms with Crippen molar-refractivity contribution in [2.45, 2.75) is 19.3 Å². The standard InChI is InChI=1S/C19H19N3O6/c23-17(20-15-9-11-16(12-10-15)22(26)27)7-4-8-19(25)28-13-18(24)21-14-5-2-1-3-6-14/h1-3,5-6,9-12H,4,7-8,13H2,(H,20,23)(H,21,24). The number of hydrogen-bond acceptors (Lipinski definition) is 6. The van der Waals surface area contributed by atoms with Gasteiger partial charge in [0, 0.05) is 36.3 Å². The Kier molecular flexibility index (Phi) is 7.64. The summed E-state index contributed by atoms with van der Waals surface area (Å²) < 4.78 is 4.87. The number of nitrogens with one attached hydrogen (secondary N) is 2. The molecule has 0 aromatic heterocycles. The van der Waals surface area contributed by atoms with Gasteiger partial charge in [0.1, 0.15) is 0 Å². The van der Waals surface area contributed by atoms with Gasteiger partial charge >= 0.3 is 5.97 Å². The number of anilines is 2. The number of para-hydroxylation sites is 1. The van der Waals surface area contributed by atoms with E-state index in [1.807, 2.05) is 6.07 Å². The van der Waals surface area contributed by atoms with Gasteiger partial charge < -0.3 is 15.4 Å². The summed E-state index contributed by atoms with van der Waals surface area (Å²) in [6.45, 7) is -0.400. The fraction of sp³-hybridized carbons (Fsp3) is 0.211. The van der Waals surface area contributed by atoms with Crippen LogP contribution in [0.2, 0.25) is 0 Å². The Balaban J connectivity index is 1.62. The summed E-state index contributed by atoms with van der Waals surface area (Å²) in [4.78, 5) is 45.2. The molecule has 0 saturated heterocycles. The summed E-state index contributed by atoms with van der Waals surface area (Å²) in [5.74, 6) is -1.36. The van der Waals surface area contributed by atoms with Crippen LogP contribution >= 0.6 is 0 Å². The molecule has 2 aromatic carbocycles. The average molecular weight is 385 g/mol. The molecule has 0 aliphatic heterocycles. The molecule has 0 spiro atoms. The molecule has 0 radical (unpaired) electrons. The van der Waals surface area contributed by atoms with Crippen molar-refractivity contribution < 1.29 is 24.0 Å². The molecule has 0 aliphatic rings. The van der Waals surface area contributed by atoms with E-state index in [4.69, 9.17) is 4.74 Å². The van der Waals surface area contributed by atoms with Crippen LogP contribution in [0.1, 0.15) is 19.3 Å². The van der Waals surface area contributed by atoms with E-state index >= 15 is 0 Å². The molecular weight excluding hydrogens is 366 g/mol. The second-order valence-corrected chi connectivity index (χ2v) is 5.78. The number of nitrogens with zero attached hydrogens (tertiary/aromatic N) is 1. The molecule has 146 valence electrons. The highest BCUT2D eigenvalue weighted by Crippen LogP contribution is 2.15. The SMILES string of the molecule is O=C(CCCC(=O)OCC(=O)Nc1ccccc1)Nc1ccc([N+](=O)[O-])cc1. The molecule has 9 heteroatoms. The van der Waals surface area contributed by atoms with E-state index in [9.17, 15) is 24.5 Å². The maximum atomic E-state index is 11.8. The first-order chi connectivity index (χ1) is 13.4. The zero-order valence-corrected chi connectivity index (χ0v) is 14.9. The molecule has 0 aliphatic carbocycles. The zero-order valence-electron chi connectivity index (χ0n) is 14.9. The van der Waals surface area contributed by atoms with E-state index in [1.54, 1.807) is 24.3 Å². The number of nitro benzene ring substituents is 1. The highest BCUT2D eigenvalue weighted by atomic mass is 16.6. The third-order valence-corrected chi connectivity index (χ3v) is 3.57. The molecule has 9 nitrogen and oxygen atoms in total. The third kappa shape index (κ3) is 7.24. The minimum absolute atomic E-state index is 0.00764. The lowest BCUT2D eigenvalue weighted by Crippen LogP contribution is -2.21. The number of ether oxygens (including phenoxy) is 1. The maximum Gasteiger partial charge on any atom is 0.306 e. The molecular formula is C19H19N3O6. The fourth-order valence-electron chi connectivity index (χ4n) is 2.22. The Morgan fingerprint density at radius 2 is 1.46 bits per heavy atom. The van der Waals surface area contributed by atoms with Gasteiger partial charge in [-0.05, 0) is 30.7 Å². The summed E-state index contributed by atoms with van der Waals surface area (Å²) in [6, 6.07) is 14.2. The zero-order chi connectivity index (χ0) is 20.4. The number of rotatable bonds is 9. The van der Waals surface area contributed by atoms with Crippen LogP contribution in [0.4, 0.5) is 17.1 Å². The van der Waals surface area contributed by atoms with Gasteiger partial charge in [-0.2, -0.15) is 0 Å². The predicted octanol–water partition coefficient (Wildman–Crippen LogP) is 2.89. The minimum atomic E-state index is -0.577. The molecule has 0 atom stereocenters. The number of carbonyl (C=O) groups excluding carboxylic acids is 3. The number of nitro groups is 1. The monoisotopic (exact) mass is 385 g/mol. The first-order valence-electron chi connectivity index (χ1n) is 8.49.